The van der Waals surface area contributed by atoms with Crippen LogP contribution in [0.15, 0.2) is 65.3 Å². The van der Waals surface area contributed by atoms with E-state index < -0.39 is 0 Å². The monoisotopic (exact) mass is 433 g/mol. The molecule has 0 aliphatic carbocycles. The summed E-state index contributed by atoms with van der Waals surface area (Å²) in [7, 11) is 0. The Labute approximate surface area is 184 Å². The van der Waals surface area contributed by atoms with E-state index in [1.165, 1.54) is 28.5 Å². The first kappa shape index (κ1) is 20.6. The molecule has 1 amide bonds. The lowest BCUT2D eigenvalue weighted by Crippen LogP contribution is -2.27. The molecule has 0 saturated carbocycles. The number of aryl methyl sites for hydroxylation is 2. The van der Waals surface area contributed by atoms with Gasteiger partial charge in [-0.1, -0.05) is 60.3 Å². The third-order valence-corrected chi connectivity index (χ3v) is 6.95. The largest absolute Gasteiger partial charge is 0.355 e. The van der Waals surface area contributed by atoms with Gasteiger partial charge in [0.25, 0.3) is 0 Å². The number of nitrogens with zero attached hydrogens (tertiary/aromatic N) is 2. The minimum Gasteiger partial charge on any atom is -0.355 e. The van der Waals surface area contributed by atoms with Crippen LogP contribution in [0.3, 0.4) is 0 Å². The van der Waals surface area contributed by atoms with Crippen LogP contribution in [0.1, 0.15) is 16.7 Å². The Bertz CT molecular complexity index is 1170. The molecule has 6 heteroatoms. The number of thioether (sulfide) groups is 1. The number of hydrogen-bond acceptors (Lipinski definition) is 5. The summed E-state index contributed by atoms with van der Waals surface area (Å²) in [5.41, 5.74) is 6.05. The summed E-state index contributed by atoms with van der Waals surface area (Å²) >= 11 is 3.08. The first-order valence-corrected chi connectivity index (χ1v) is 11.7. The second-order valence-corrected chi connectivity index (χ2v) is 9.00. The van der Waals surface area contributed by atoms with Crippen molar-refractivity contribution in [3.8, 4) is 11.1 Å². The molecule has 152 valence electrons. The predicted octanol–water partition coefficient (Wildman–Crippen LogP) is 5.43. The van der Waals surface area contributed by atoms with Crippen molar-refractivity contribution in [1.82, 2.24) is 15.3 Å². The Balaban J connectivity index is 1.45. The number of fused-ring (bicyclic) bond motifs is 1. The quantitative estimate of drug-likeness (QED) is 0.312. The summed E-state index contributed by atoms with van der Waals surface area (Å²) in [6.07, 6.45) is 2.41. The maximum atomic E-state index is 12.3. The molecule has 1 N–H and O–H groups in total. The van der Waals surface area contributed by atoms with Gasteiger partial charge in [-0.2, -0.15) is 0 Å². The normalized spacial score (nSPS) is 11.0. The smallest absolute Gasteiger partial charge is 0.230 e. The topological polar surface area (TPSA) is 54.9 Å². The average Bonchev–Trinajstić information content (AvgIpc) is 3.20. The number of carbonyl (C=O) groups excluding carboxylic acids is 1. The van der Waals surface area contributed by atoms with Crippen LogP contribution >= 0.6 is 23.1 Å². The number of carbonyl (C=O) groups is 1. The number of aromatic nitrogens is 2. The van der Waals surface area contributed by atoms with Crippen molar-refractivity contribution in [2.24, 2.45) is 0 Å². The molecule has 0 fully saturated rings. The fourth-order valence-corrected chi connectivity index (χ4v) is 5.08. The number of amides is 1. The van der Waals surface area contributed by atoms with Gasteiger partial charge in [0, 0.05) is 17.5 Å². The van der Waals surface area contributed by atoms with Crippen molar-refractivity contribution in [3.63, 3.8) is 0 Å². The molecule has 4 rings (SSSR count). The first-order chi connectivity index (χ1) is 14.6. The van der Waals surface area contributed by atoms with Gasteiger partial charge in [0.15, 0.2) is 0 Å². The standard InChI is InChI=1S/C24H23N3OS2/c1-16-8-9-19(12-17(16)2)20-13-29-23-22(20)24(27-15-26-23)30-14-21(28)25-11-10-18-6-4-3-5-7-18/h3-9,12-13,15H,10-11,14H2,1-2H3,(H,25,28). The lowest BCUT2D eigenvalue weighted by Gasteiger charge is -2.08. The van der Waals surface area contributed by atoms with Gasteiger partial charge in [-0.15, -0.1) is 11.3 Å². The van der Waals surface area contributed by atoms with Gasteiger partial charge >= 0.3 is 0 Å². The van der Waals surface area contributed by atoms with Crippen molar-refractivity contribution in [2.45, 2.75) is 25.3 Å². The molecule has 0 radical (unpaired) electrons. The zero-order valence-corrected chi connectivity index (χ0v) is 18.6. The van der Waals surface area contributed by atoms with Crippen LogP contribution in [0.5, 0.6) is 0 Å². The van der Waals surface area contributed by atoms with Crippen molar-refractivity contribution in [2.75, 3.05) is 12.3 Å². The maximum absolute atomic E-state index is 12.3. The third-order valence-electron chi connectivity index (χ3n) is 5.07. The van der Waals surface area contributed by atoms with Gasteiger partial charge in [0.05, 0.1) is 11.1 Å². The summed E-state index contributed by atoms with van der Waals surface area (Å²) in [5.74, 6) is 0.356. The zero-order valence-electron chi connectivity index (χ0n) is 17.0. The van der Waals surface area contributed by atoms with Gasteiger partial charge in [-0.3, -0.25) is 4.79 Å². The molecule has 0 bridgehead atoms. The number of rotatable bonds is 7. The van der Waals surface area contributed by atoms with E-state index in [4.69, 9.17) is 0 Å². The molecule has 4 nitrogen and oxygen atoms in total. The van der Waals surface area contributed by atoms with Crippen LogP contribution in [-0.2, 0) is 11.2 Å². The fraction of sp³-hybridized carbons (Fsp3) is 0.208. The van der Waals surface area contributed by atoms with E-state index in [1.54, 1.807) is 17.7 Å². The van der Waals surface area contributed by atoms with Gasteiger partial charge in [0.2, 0.25) is 5.91 Å². The highest BCUT2D eigenvalue weighted by atomic mass is 32.2. The Morgan fingerprint density at radius 1 is 1.07 bits per heavy atom. The molecule has 0 aliphatic heterocycles. The predicted molar refractivity (Wildman–Crippen MR) is 126 cm³/mol. The summed E-state index contributed by atoms with van der Waals surface area (Å²) in [4.78, 5) is 22.2. The minimum atomic E-state index is 0.0191. The van der Waals surface area contributed by atoms with Crippen molar-refractivity contribution in [3.05, 3.63) is 76.9 Å². The molecule has 4 aromatic rings. The van der Waals surface area contributed by atoms with Crippen LogP contribution in [-0.4, -0.2) is 28.2 Å². The SMILES string of the molecule is Cc1ccc(-c2csc3ncnc(SCC(=O)NCCc4ccccc4)c23)cc1C. The van der Waals surface area contributed by atoms with Crippen molar-refractivity contribution < 1.29 is 4.79 Å². The lowest BCUT2D eigenvalue weighted by atomic mass is 10.0. The van der Waals surface area contributed by atoms with E-state index in [0.29, 0.717) is 12.3 Å². The van der Waals surface area contributed by atoms with Crippen LogP contribution in [0.2, 0.25) is 0 Å². The molecular formula is C24H23N3OS2. The van der Waals surface area contributed by atoms with Gasteiger partial charge < -0.3 is 5.32 Å². The highest BCUT2D eigenvalue weighted by molar-refractivity contribution is 8.00. The fourth-order valence-electron chi connectivity index (χ4n) is 3.25. The molecule has 0 aliphatic rings. The second kappa shape index (κ2) is 9.41. The minimum absolute atomic E-state index is 0.0191. The molecule has 0 atom stereocenters. The summed E-state index contributed by atoms with van der Waals surface area (Å²) in [6.45, 7) is 4.87. The number of thiophene rings is 1. The van der Waals surface area contributed by atoms with E-state index in [-0.39, 0.29) is 5.91 Å². The van der Waals surface area contributed by atoms with E-state index in [9.17, 15) is 4.79 Å². The molecule has 2 aromatic carbocycles. The molecule has 30 heavy (non-hydrogen) atoms. The van der Waals surface area contributed by atoms with Crippen molar-refractivity contribution in [1.29, 1.82) is 0 Å². The molecule has 2 heterocycles. The summed E-state index contributed by atoms with van der Waals surface area (Å²) in [6, 6.07) is 16.7. The van der Waals surface area contributed by atoms with Crippen LogP contribution in [0.4, 0.5) is 0 Å². The van der Waals surface area contributed by atoms with Gasteiger partial charge in [-0.25, -0.2) is 9.97 Å². The second-order valence-electron chi connectivity index (χ2n) is 7.18. The van der Waals surface area contributed by atoms with Crippen LogP contribution in [0.25, 0.3) is 21.3 Å². The Kier molecular flexibility index (Phi) is 6.45. The molecular weight excluding hydrogens is 410 g/mol. The third kappa shape index (κ3) is 4.71. The van der Waals surface area contributed by atoms with Crippen LogP contribution in [0, 0.1) is 13.8 Å². The van der Waals surface area contributed by atoms with E-state index in [2.05, 4.69) is 64.8 Å². The highest BCUT2D eigenvalue weighted by Gasteiger charge is 2.15. The molecule has 0 spiro atoms. The molecule has 2 aromatic heterocycles. The van der Waals surface area contributed by atoms with E-state index in [1.807, 2.05) is 18.2 Å². The Morgan fingerprint density at radius 3 is 2.70 bits per heavy atom. The summed E-state index contributed by atoms with van der Waals surface area (Å²) in [5, 5.41) is 7.02. The van der Waals surface area contributed by atoms with Gasteiger partial charge in [-0.05, 0) is 42.5 Å². The van der Waals surface area contributed by atoms with E-state index >= 15 is 0 Å². The zero-order chi connectivity index (χ0) is 20.9. The number of nitrogens with one attached hydrogen (secondary N) is 1. The van der Waals surface area contributed by atoms with Crippen LogP contribution < -0.4 is 5.32 Å². The Morgan fingerprint density at radius 2 is 1.90 bits per heavy atom. The van der Waals surface area contributed by atoms with E-state index in [0.717, 1.165) is 32.8 Å². The summed E-state index contributed by atoms with van der Waals surface area (Å²) < 4.78 is 0. The molecule has 0 unspecified atom stereocenters. The highest BCUT2D eigenvalue weighted by Crippen LogP contribution is 2.38. The first-order valence-electron chi connectivity index (χ1n) is 9.85. The van der Waals surface area contributed by atoms with Crippen molar-refractivity contribution >= 4 is 39.2 Å². The Hall–Kier alpha value is -2.70. The number of benzene rings is 2. The molecule has 0 saturated heterocycles. The lowest BCUT2D eigenvalue weighted by molar-refractivity contribution is -0.118. The van der Waals surface area contributed by atoms with Gasteiger partial charge in [0.1, 0.15) is 16.2 Å². The average molecular weight is 434 g/mol. The number of hydrogen-bond donors (Lipinski definition) is 1. The maximum Gasteiger partial charge on any atom is 0.230 e.